The van der Waals surface area contributed by atoms with Crippen LogP contribution in [0.3, 0.4) is 0 Å². The van der Waals surface area contributed by atoms with Gasteiger partial charge in [-0.1, -0.05) is 121 Å². The molecule has 0 aromatic heterocycles. The summed E-state index contributed by atoms with van der Waals surface area (Å²) in [7, 11) is 2.26. The molecule has 0 unspecified atom stereocenters. The SMILES string of the molecule is C[O+]1CC(C2CCCCC2)=C(c2ccccc2)[B-]1(c1ccccc1)c1ccccc1. The fourth-order valence-corrected chi connectivity index (χ4v) is 6.18. The van der Waals surface area contributed by atoms with Gasteiger partial charge in [0.1, 0.15) is 6.61 Å². The van der Waals surface area contributed by atoms with Crippen LogP contribution in [0.1, 0.15) is 37.7 Å². The molecule has 0 bridgehead atoms. The lowest BCUT2D eigenvalue weighted by atomic mass is 9.26. The van der Waals surface area contributed by atoms with Crippen LogP contribution in [0.4, 0.5) is 0 Å². The van der Waals surface area contributed by atoms with E-state index in [0.717, 1.165) is 6.61 Å². The molecular weight excluding hydrogens is 363 g/mol. The first kappa shape index (κ1) is 19.4. The van der Waals surface area contributed by atoms with E-state index >= 15 is 0 Å². The maximum atomic E-state index is 3.70. The summed E-state index contributed by atoms with van der Waals surface area (Å²) in [6, 6.07) is 33.5. The van der Waals surface area contributed by atoms with Crippen LogP contribution >= 0.6 is 0 Å². The highest BCUT2D eigenvalue weighted by Gasteiger charge is 2.52. The maximum absolute atomic E-state index is 3.70. The Morgan fingerprint density at radius 2 is 1.17 bits per heavy atom. The van der Waals surface area contributed by atoms with E-state index in [0.29, 0.717) is 5.92 Å². The van der Waals surface area contributed by atoms with Crippen molar-refractivity contribution in [1.82, 2.24) is 0 Å². The molecular formula is C28H31BO. The Bertz CT molecular complexity index is 965. The van der Waals surface area contributed by atoms with Crippen molar-refractivity contribution in [3.05, 3.63) is 102 Å². The van der Waals surface area contributed by atoms with E-state index in [1.165, 1.54) is 48.6 Å². The Hall–Kier alpha value is -2.58. The third kappa shape index (κ3) is 3.15. The van der Waals surface area contributed by atoms with Gasteiger partial charge in [-0.2, -0.15) is 0 Å². The first-order valence-electron chi connectivity index (χ1n) is 11.5. The van der Waals surface area contributed by atoms with Gasteiger partial charge in [0.05, 0.1) is 7.11 Å². The summed E-state index contributed by atoms with van der Waals surface area (Å²) >= 11 is 0. The van der Waals surface area contributed by atoms with Gasteiger partial charge in [-0.3, -0.25) is 0 Å². The summed E-state index contributed by atoms with van der Waals surface area (Å²) in [5.41, 5.74) is 7.36. The van der Waals surface area contributed by atoms with E-state index in [1.807, 2.05) is 0 Å². The van der Waals surface area contributed by atoms with E-state index in [1.54, 1.807) is 11.0 Å². The Balaban J connectivity index is 1.82. The van der Waals surface area contributed by atoms with Crippen LogP contribution in [-0.2, 0) is 4.28 Å². The highest BCUT2D eigenvalue weighted by Crippen LogP contribution is 2.45. The monoisotopic (exact) mass is 394 g/mol. The van der Waals surface area contributed by atoms with E-state index in [2.05, 4.69) is 102 Å². The second-order valence-electron chi connectivity index (χ2n) is 9.08. The second kappa shape index (κ2) is 8.28. The topological polar surface area (TPSA) is 2.70 Å². The standard InChI is InChI=1S/C28H31BO/c1-30-22-27(23-14-6-2-7-15-23)28(24-16-8-3-9-17-24)29(30,25-18-10-4-11-19-25)26-20-12-5-13-21-26/h3-5,8-13,16-21,23H,2,6-7,14-15,22H2,1H3. The summed E-state index contributed by atoms with van der Waals surface area (Å²) in [5.74, 6) is 0.695. The minimum absolute atomic E-state index is 0.695. The molecule has 5 rings (SSSR count). The minimum atomic E-state index is -1.25. The third-order valence-corrected chi connectivity index (χ3v) is 7.46. The van der Waals surface area contributed by atoms with Gasteiger partial charge in [0.25, 0.3) is 0 Å². The average Bonchev–Trinajstić information content (AvgIpc) is 3.15. The zero-order valence-electron chi connectivity index (χ0n) is 18.0. The van der Waals surface area contributed by atoms with Gasteiger partial charge in [0.15, 0.2) is 0 Å². The molecule has 0 radical (unpaired) electrons. The fraction of sp³-hybridized carbons (Fsp3) is 0.286. The quantitative estimate of drug-likeness (QED) is 0.405. The molecule has 1 heterocycles. The highest BCUT2D eigenvalue weighted by molar-refractivity contribution is 7.12. The predicted molar refractivity (Wildman–Crippen MR) is 130 cm³/mol. The Kier molecular flexibility index (Phi) is 5.35. The molecule has 1 nitrogen and oxygen atoms in total. The van der Waals surface area contributed by atoms with Crippen LogP contribution in [0.15, 0.2) is 96.6 Å². The Morgan fingerprint density at radius 1 is 0.667 bits per heavy atom. The highest BCUT2D eigenvalue weighted by atomic mass is 16.6. The molecule has 3 aromatic carbocycles. The first-order valence-corrected chi connectivity index (χ1v) is 11.5. The van der Waals surface area contributed by atoms with Crippen molar-refractivity contribution >= 4 is 22.7 Å². The molecule has 1 aliphatic heterocycles. The zero-order valence-corrected chi connectivity index (χ0v) is 18.0. The summed E-state index contributed by atoms with van der Waals surface area (Å²) < 4.78 is 3.70. The van der Waals surface area contributed by atoms with Gasteiger partial charge in [0, 0.05) is 0 Å². The van der Waals surface area contributed by atoms with E-state index in [-0.39, 0.29) is 0 Å². The van der Waals surface area contributed by atoms with E-state index in [4.69, 9.17) is 0 Å². The molecule has 152 valence electrons. The lowest BCUT2D eigenvalue weighted by Gasteiger charge is -2.43. The molecule has 3 aromatic rings. The number of rotatable bonds is 4. The van der Waals surface area contributed by atoms with Crippen LogP contribution in [0.2, 0.25) is 0 Å². The third-order valence-electron chi connectivity index (χ3n) is 7.46. The molecule has 0 N–H and O–H groups in total. The van der Waals surface area contributed by atoms with Gasteiger partial charge in [-0.05, 0) is 24.3 Å². The van der Waals surface area contributed by atoms with Crippen molar-refractivity contribution in [2.75, 3.05) is 13.7 Å². The molecule has 0 amide bonds. The largest absolute Gasteiger partial charge is 0.659 e. The number of hydrogen-bond acceptors (Lipinski definition) is 0. The smallest absolute Gasteiger partial charge is 0.377 e. The predicted octanol–water partition coefficient (Wildman–Crippen LogP) is 5.52. The molecule has 0 saturated heterocycles. The van der Waals surface area contributed by atoms with Crippen LogP contribution in [0.25, 0.3) is 5.47 Å². The zero-order chi connectivity index (χ0) is 20.4. The van der Waals surface area contributed by atoms with Crippen LogP contribution in [0, 0.1) is 5.92 Å². The first-order chi connectivity index (χ1) is 14.8. The molecule has 0 atom stereocenters. The summed E-state index contributed by atoms with van der Waals surface area (Å²) in [4.78, 5) is 0. The molecule has 1 saturated carbocycles. The molecule has 0 spiro atoms. The van der Waals surface area contributed by atoms with Crippen LogP contribution in [-0.4, -0.2) is 20.1 Å². The molecule has 1 fully saturated rings. The normalized spacial score (nSPS) is 19.9. The van der Waals surface area contributed by atoms with Crippen molar-refractivity contribution in [2.45, 2.75) is 32.1 Å². The minimum Gasteiger partial charge on any atom is -0.659 e. The van der Waals surface area contributed by atoms with Crippen molar-refractivity contribution in [1.29, 1.82) is 0 Å². The van der Waals surface area contributed by atoms with Crippen LogP contribution in [0.5, 0.6) is 0 Å². The van der Waals surface area contributed by atoms with Crippen molar-refractivity contribution in [3.63, 3.8) is 0 Å². The summed E-state index contributed by atoms with van der Waals surface area (Å²) in [5, 5.41) is 0. The lowest BCUT2D eigenvalue weighted by Crippen LogP contribution is -2.64. The molecule has 30 heavy (non-hydrogen) atoms. The Morgan fingerprint density at radius 3 is 1.70 bits per heavy atom. The molecule has 2 aliphatic rings. The molecule has 2 heteroatoms. The second-order valence-corrected chi connectivity index (χ2v) is 9.08. The van der Waals surface area contributed by atoms with Gasteiger partial charge in [0.2, 0.25) is 0 Å². The average molecular weight is 394 g/mol. The summed E-state index contributed by atoms with van der Waals surface area (Å²) in [6.45, 7) is 0.985. The van der Waals surface area contributed by atoms with Gasteiger partial charge >= 0.3 is 6.35 Å². The summed E-state index contributed by atoms with van der Waals surface area (Å²) in [6.07, 6.45) is 5.52. The van der Waals surface area contributed by atoms with Crippen molar-refractivity contribution < 1.29 is 4.28 Å². The molecule has 1 aliphatic carbocycles. The lowest BCUT2D eigenvalue weighted by molar-refractivity contribution is 0.0786. The van der Waals surface area contributed by atoms with E-state index in [9.17, 15) is 0 Å². The van der Waals surface area contributed by atoms with E-state index < -0.39 is 6.35 Å². The number of benzene rings is 3. The fourth-order valence-electron chi connectivity index (χ4n) is 6.18. The van der Waals surface area contributed by atoms with Gasteiger partial charge < -0.3 is 4.28 Å². The van der Waals surface area contributed by atoms with Crippen molar-refractivity contribution in [3.8, 4) is 0 Å². The van der Waals surface area contributed by atoms with Gasteiger partial charge in [-0.25, -0.2) is 0 Å². The van der Waals surface area contributed by atoms with Crippen LogP contribution < -0.4 is 10.9 Å². The van der Waals surface area contributed by atoms with Crippen molar-refractivity contribution in [2.24, 2.45) is 5.92 Å². The maximum Gasteiger partial charge on any atom is 0.377 e. The number of hydrogen-bond donors (Lipinski definition) is 0. The Labute approximate surface area is 181 Å². The van der Waals surface area contributed by atoms with Gasteiger partial charge in [-0.15, -0.1) is 10.9 Å².